The molecule has 1 aromatic carbocycles. The summed E-state index contributed by atoms with van der Waals surface area (Å²) < 4.78 is 28.0. The second-order valence-corrected chi connectivity index (χ2v) is 8.65. The van der Waals surface area contributed by atoms with Crippen LogP contribution in [0.15, 0.2) is 21.5 Å². The molecule has 7 heteroatoms. The summed E-state index contributed by atoms with van der Waals surface area (Å²) in [5.41, 5.74) is 6.07. The maximum atomic E-state index is 12.5. The zero-order chi connectivity index (χ0) is 15.6. The van der Waals surface area contributed by atoms with Crippen molar-refractivity contribution in [2.75, 3.05) is 12.3 Å². The Morgan fingerprint density at radius 1 is 1.38 bits per heavy atom. The fraction of sp³-hybridized carbons (Fsp3) is 0.571. The lowest BCUT2D eigenvalue weighted by Crippen LogP contribution is -2.33. The van der Waals surface area contributed by atoms with Gasteiger partial charge in [0.25, 0.3) is 0 Å². The quantitative estimate of drug-likeness (QED) is 0.762. The van der Waals surface area contributed by atoms with Crippen LogP contribution in [0.3, 0.4) is 0 Å². The molecule has 0 aliphatic heterocycles. The van der Waals surface area contributed by atoms with E-state index in [4.69, 9.17) is 17.3 Å². The molecule has 2 unspecified atom stereocenters. The molecule has 0 radical (unpaired) electrons. The Labute approximate surface area is 139 Å². The lowest BCUT2D eigenvalue weighted by atomic mass is 9.81. The molecule has 1 saturated carbocycles. The third kappa shape index (κ3) is 4.12. The summed E-state index contributed by atoms with van der Waals surface area (Å²) >= 11 is 9.13. The Morgan fingerprint density at radius 3 is 2.71 bits per heavy atom. The number of hydrogen-bond acceptors (Lipinski definition) is 3. The molecule has 2 rings (SSSR count). The molecule has 0 bridgehead atoms. The van der Waals surface area contributed by atoms with Gasteiger partial charge in [-0.1, -0.05) is 37.8 Å². The minimum Gasteiger partial charge on any atom is -0.398 e. The van der Waals surface area contributed by atoms with Gasteiger partial charge in [-0.15, -0.1) is 0 Å². The Kier molecular flexibility index (Phi) is 5.57. The van der Waals surface area contributed by atoms with Crippen LogP contribution >= 0.6 is 27.5 Å². The van der Waals surface area contributed by atoms with Crippen molar-refractivity contribution in [1.82, 2.24) is 4.72 Å². The van der Waals surface area contributed by atoms with Crippen LogP contribution in [0, 0.1) is 11.8 Å². The minimum atomic E-state index is -3.62. The van der Waals surface area contributed by atoms with Crippen LogP contribution in [0.25, 0.3) is 0 Å². The van der Waals surface area contributed by atoms with E-state index < -0.39 is 10.0 Å². The van der Waals surface area contributed by atoms with Crippen molar-refractivity contribution in [2.45, 2.75) is 37.5 Å². The number of benzene rings is 1. The van der Waals surface area contributed by atoms with E-state index in [0.29, 0.717) is 33.6 Å². The molecule has 0 saturated heterocycles. The second kappa shape index (κ2) is 6.86. The van der Waals surface area contributed by atoms with Crippen molar-refractivity contribution >= 4 is 43.2 Å². The lowest BCUT2D eigenvalue weighted by Gasteiger charge is -2.28. The normalized spacial score (nSPS) is 23.2. The van der Waals surface area contributed by atoms with E-state index in [1.165, 1.54) is 31.4 Å². The van der Waals surface area contributed by atoms with Crippen LogP contribution < -0.4 is 10.5 Å². The Bertz CT molecular complexity index is 622. The van der Waals surface area contributed by atoms with Crippen LogP contribution in [0.5, 0.6) is 0 Å². The van der Waals surface area contributed by atoms with Gasteiger partial charge in [-0.2, -0.15) is 0 Å². The van der Waals surface area contributed by atoms with Gasteiger partial charge in [0.15, 0.2) is 0 Å². The molecule has 0 aromatic heterocycles. The number of sulfonamides is 1. The largest absolute Gasteiger partial charge is 0.398 e. The Balaban J connectivity index is 2.15. The van der Waals surface area contributed by atoms with Crippen LogP contribution in [-0.4, -0.2) is 15.0 Å². The molecule has 4 nitrogen and oxygen atoms in total. The second-order valence-electron chi connectivity index (χ2n) is 5.68. The number of nitrogens with two attached hydrogens (primary N) is 1. The molecule has 1 aliphatic rings. The van der Waals surface area contributed by atoms with Crippen LogP contribution in [-0.2, 0) is 10.0 Å². The number of nitrogens with one attached hydrogen (secondary N) is 1. The molecule has 3 N–H and O–H groups in total. The third-order valence-corrected chi connectivity index (χ3v) is 6.96. The summed E-state index contributed by atoms with van der Waals surface area (Å²) in [6.45, 7) is 2.65. The molecule has 21 heavy (non-hydrogen) atoms. The van der Waals surface area contributed by atoms with Crippen LogP contribution in [0.2, 0.25) is 5.02 Å². The number of rotatable bonds is 4. The zero-order valence-corrected chi connectivity index (χ0v) is 15.1. The van der Waals surface area contributed by atoms with Crippen molar-refractivity contribution in [3.05, 3.63) is 21.6 Å². The summed E-state index contributed by atoms with van der Waals surface area (Å²) in [5.74, 6) is 0.943. The number of anilines is 1. The molecular formula is C14H20BrClN2O2S. The van der Waals surface area contributed by atoms with Gasteiger partial charge in [-0.3, -0.25) is 0 Å². The predicted octanol–water partition coefficient (Wildman–Crippen LogP) is 3.79. The maximum Gasteiger partial charge on any atom is 0.241 e. The Morgan fingerprint density at radius 2 is 2.05 bits per heavy atom. The average Bonchev–Trinajstić information content (AvgIpc) is 2.42. The molecular weight excluding hydrogens is 376 g/mol. The summed E-state index contributed by atoms with van der Waals surface area (Å²) in [6, 6.07) is 2.93. The van der Waals surface area contributed by atoms with E-state index in [0.717, 1.165) is 6.42 Å². The van der Waals surface area contributed by atoms with Crippen molar-refractivity contribution in [3.8, 4) is 0 Å². The predicted molar refractivity (Wildman–Crippen MR) is 89.9 cm³/mol. The van der Waals surface area contributed by atoms with Gasteiger partial charge in [0, 0.05) is 17.3 Å². The van der Waals surface area contributed by atoms with Crippen molar-refractivity contribution < 1.29 is 8.42 Å². The fourth-order valence-corrected chi connectivity index (χ4v) is 5.16. The van der Waals surface area contributed by atoms with Gasteiger partial charge < -0.3 is 5.73 Å². The van der Waals surface area contributed by atoms with E-state index in [1.807, 2.05) is 0 Å². The number of hydrogen-bond donors (Lipinski definition) is 2. The highest BCUT2D eigenvalue weighted by Crippen LogP contribution is 2.32. The molecule has 1 aromatic rings. The number of nitrogen functional groups attached to an aromatic ring is 1. The molecule has 118 valence electrons. The monoisotopic (exact) mass is 394 g/mol. The first-order valence-corrected chi connectivity index (χ1v) is 9.71. The van der Waals surface area contributed by atoms with E-state index in [9.17, 15) is 8.42 Å². The van der Waals surface area contributed by atoms with Crippen molar-refractivity contribution in [3.63, 3.8) is 0 Å². The molecule has 0 amide bonds. The van der Waals surface area contributed by atoms with Gasteiger partial charge >= 0.3 is 0 Å². The maximum absolute atomic E-state index is 12.5. The summed E-state index contributed by atoms with van der Waals surface area (Å²) in [7, 11) is -3.62. The first-order valence-electron chi connectivity index (χ1n) is 7.05. The van der Waals surface area contributed by atoms with E-state index in [-0.39, 0.29) is 4.90 Å². The molecule has 0 spiro atoms. The van der Waals surface area contributed by atoms with E-state index in [2.05, 4.69) is 27.6 Å². The fourth-order valence-electron chi connectivity index (χ4n) is 2.77. The van der Waals surface area contributed by atoms with E-state index in [1.54, 1.807) is 0 Å². The smallest absolute Gasteiger partial charge is 0.241 e. The molecule has 1 fully saturated rings. The number of halogens is 2. The summed E-state index contributed by atoms with van der Waals surface area (Å²) in [5, 5.41) is 0.308. The summed E-state index contributed by atoms with van der Waals surface area (Å²) in [4.78, 5) is 0.0935. The highest BCUT2D eigenvalue weighted by Gasteiger charge is 2.25. The lowest BCUT2D eigenvalue weighted by molar-refractivity contribution is 0.257. The topological polar surface area (TPSA) is 72.2 Å². The Hall–Kier alpha value is -0.300. The molecule has 1 aliphatic carbocycles. The minimum absolute atomic E-state index is 0.0935. The first kappa shape index (κ1) is 17.1. The van der Waals surface area contributed by atoms with Gasteiger partial charge in [0.1, 0.15) is 0 Å². The standard InChI is InChI=1S/C14H20BrClN2O2S/c1-9-4-2-3-5-10(9)8-18-21(19,20)13-7-11(16)6-12(17)14(13)15/h6-7,9-10,18H,2-5,8,17H2,1H3. The first-order chi connectivity index (χ1) is 9.81. The van der Waals surface area contributed by atoms with E-state index >= 15 is 0 Å². The SMILES string of the molecule is CC1CCCCC1CNS(=O)(=O)c1cc(Cl)cc(N)c1Br. The van der Waals surface area contributed by atoms with Crippen LogP contribution in [0.1, 0.15) is 32.6 Å². The van der Waals surface area contributed by atoms with Gasteiger partial charge in [0.05, 0.1) is 9.37 Å². The highest BCUT2D eigenvalue weighted by atomic mass is 79.9. The van der Waals surface area contributed by atoms with Crippen molar-refractivity contribution in [1.29, 1.82) is 0 Å². The molecule has 0 heterocycles. The third-order valence-electron chi connectivity index (χ3n) is 4.15. The molecule has 2 atom stereocenters. The van der Waals surface area contributed by atoms with Crippen LogP contribution in [0.4, 0.5) is 5.69 Å². The van der Waals surface area contributed by atoms with Crippen molar-refractivity contribution in [2.24, 2.45) is 11.8 Å². The van der Waals surface area contributed by atoms with Gasteiger partial charge in [0.2, 0.25) is 10.0 Å². The zero-order valence-electron chi connectivity index (χ0n) is 11.9. The summed E-state index contributed by atoms with van der Waals surface area (Å²) in [6.07, 6.45) is 4.65. The highest BCUT2D eigenvalue weighted by molar-refractivity contribution is 9.10. The van der Waals surface area contributed by atoms with Gasteiger partial charge in [-0.05, 0) is 46.3 Å². The van der Waals surface area contributed by atoms with Gasteiger partial charge in [-0.25, -0.2) is 13.1 Å². The average molecular weight is 396 g/mol.